The Hall–Kier alpha value is -2.82. The van der Waals surface area contributed by atoms with Crippen LogP contribution >= 0.6 is 11.3 Å². The van der Waals surface area contributed by atoms with Gasteiger partial charge in [0.25, 0.3) is 5.91 Å². The zero-order chi connectivity index (χ0) is 25.2. The maximum Gasteiger partial charge on any atom is 0.325 e. The van der Waals surface area contributed by atoms with E-state index in [1.165, 1.54) is 42.7 Å². The SMILES string of the molecule is CCC1CCCCN1S(=O)(=O)c1ccc(C(=O)N=c2sc3cc(C)ccc3n2CC(=O)OC)cc1. The average Bonchev–Trinajstić information content (AvgIpc) is 3.19. The number of hydrogen-bond acceptors (Lipinski definition) is 6. The summed E-state index contributed by atoms with van der Waals surface area (Å²) in [5, 5.41) is 0. The highest BCUT2D eigenvalue weighted by Crippen LogP contribution is 2.27. The molecule has 0 saturated carbocycles. The molecule has 0 spiro atoms. The Bertz CT molecular complexity index is 1420. The molecule has 2 heterocycles. The fraction of sp³-hybridized carbons (Fsp3) is 0.400. The highest BCUT2D eigenvalue weighted by Gasteiger charge is 2.32. The zero-order valence-electron chi connectivity index (χ0n) is 20.1. The number of sulfonamides is 1. The van der Waals surface area contributed by atoms with Gasteiger partial charge >= 0.3 is 5.97 Å². The van der Waals surface area contributed by atoms with Gasteiger partial charge < -0.3 is 9.30 Å². The van der Waals surface area contributed by atoms with Crippen LogP contribution in [-0.2, 0) is 26.1 Å². The summed E-state index contributed by atoms with van der Waals surface area (Å²) in [5.74, 6) is -0.961. The number of carbonyl (C=O) groups excluding carboxylic acids is 2. The second-order valence-corrected chi connectivity index (χ2v) is 11.5. The molecule has 0 radical (unpaired) electrons. The van der Waals surface area contributed by atoms with Gasteiger partial charge in [0.1, 0.15) is 6.54 Å². The molecule has 1 amide bonds. The van der Waals surface area contributed by atoms with E-state index in [9.17, 15) is 18.0 Å². The van der Waals surface area contributed by atoms with Gasteiger partial charge in [0.15, 0.2) is 4.80 Å². The summed E-state index contributed by atoms with van der Waals surface area (Å²) >= 11 is 1.31. The molecule has 1 atom stereocenters. The summed E-state index contributed by atoms with van der Waals surface area (Å²) in [6, 6.07) is 11.7. The molecule has 10 heteroatoms. The van der Waals surface area contributed by atoms with Crippen LogP contribution in [0.1, 0.15) is 48.5 Å². The van der Waals surface area contributed by atoms with Gasteiger partial charge in [-0.1, -0.05) is 30.7 Å². The van der Waals surface area contributed by atoms with Crippen LogP contribution in [0.4, 0.5) is 0 Å². The lowest BCUT2D eigenvalue weighted by Crippen LogP contribution is -2.43. The Morgan fingerprint density at radius 2 is 1.89 bits per heavy atom. The first-order chi connectivity index (χ1) is 16.7. The molecule has 1 aliphatic heterocycles. The van der Waals surface area contributed by atoms with Crippen LogP contribution in [-0.4, -0.2) is 48.9 Å². The molecule has 1 unspecified atom stereocenters. The fourth-order valence-corrected chi connectivity index (χ4v) is 7.26. The number of hydrogen-bond donors (Lipinski definition) is 0. The molecule has 2 aromatic carbocycles. The van der Waals surface area contributed by atoms with E-state index in [0.717, 1.165) is 41.5 Å². The van der Waals surface area contributed by atoms with E-state index in [1.807, 2.05) is 32.0 Å². The molecule has 1 saturated heterocycles. The number of benzene rings is 2. The van der Waals surface area contributed by atoms with E-state index in [0.29, 0.717) is 11.3 Å². The fourth-order valence-electron chi connectivity index (χ4n) is 4.37. The van der Waals surface area contributed by atoms with Crippen molar-refractivity contribution in [2.75, 3.05) is 13.7 Å². The lowest BCUT2D eigenvalue weighted by atomic mass is 10.0. The predicted molar refractivity (Wildman–Crippen MR) is 135 cm³/mol. The molecule has 0 aliphatic carbocycles. The van der Waals surface area contributed by atoms with Crippen molar-refractivity contribution in [2.45, 2.75) is 57.0 Å². The third-order valence-corrected chi connectivity index (χ3v) is 9.31. The lowest BCUT2D eigenvalue weighted by Gasteiger charge is -2.34. The minimum atomic E-state index is -3.63. The lowest BCUT2D eigenvalue weighted by molar-refractivity contribution is -0.141. The topological polar surface area (TPSA) is 98.0 Å². The van der Waals surface area contributed by atoms with Crippen molar-refractivity contribution in [2.24, 2.45) is 4.99 Å². The second-order valence-electron chi connectivity index (χ2n) is 8.63. The average molecular weight is 516 g/mol. The Labute approximate surface area is 208 Å². The molecule has 0 bridgehead atoms. The summed E-state index contributed by atoms with van der Waals surface area (Å²) in [4.78, 5) is 29.8. The van der Waals surface area contributed by atoms with E-state index in [-0.39, 0.29) is 23.0 Å². The molecule has 8 nitrogen and oxygen atoms in total. The number of carbonyl (C=O) groups is 2. The van der Waals surface area contributed by atoms with Crippen molar-refractivity contribution in [3.63, 3.8) is 0 Å². The summed E-state index contributed by atoms with van der Waals surface area (Å²) in [6.45, 7) is 4.41. The number of methoxy groups -OCH3 is 1. The summed E-state index contributed by atoms with van der Waals surface area (Å²) < 4.78 is 35.4. The van der Waals surface area contributed by atoms with E-state index in [2.05, 4.69) is 4.99 Å². The number of esters is 1. The number of piperidine rings is 1. The Morgan fingerprint density at radius 3 is 2.57 bits per heavy atom. The number of aryl methyl sites for hydroxylation is 1. The van der Waals surface area contributed by atoms with Crippen molar-refractivity contribution in [1.29, 1.82) is 0 Å². The standard InChI is InChI=1S/C25H29N3O5S2/c1-4-19-7-5-6-14-28(19)35(31,32)20-11-9-18(10-12-20)24(30)26-25-27(16-23(29)33-3)21-13-8-17(2)15-22(21)34-25/h8-13,15,19H,4-7,14,16H2,1-3H3. The molecular formula is C25H29N3O5S2. The van der Waals surface area contributed by atoms with Crippen LogP contribution in [0.2, 0.25) is 0 Å². The number of rotatable bonds is 6. The number of amides is 1. The van der Waals surface area contributed by atoms with Gasteiger partial charge in [-0.2, -0.15) is 9.30 Å². The van der Waals surface area contributed by atoms with Crippen LogP contribution in [0.5, 0.6) is 0 Å². The summed E-state index contributed by atoms with van der Waals surface area (Å²) in [5.41, 5.74) is 2.11. The Balaban J connectivity index is 1.66. The highest BCUT2D eigenvalue weighted by molar-refractivity contribution is 7.89. The van der Waals surface area contributed by atoms with Crippen LogP contribution in [0, 0.1) is 6.92 Å². The van der Waals surface area contributed by atoms with E-state index >= 15 is 0 Å². The quantitative estimate of drug-likeness (QED) is 0.464. The third-order valence-electron chi connectivity index (χ3n) is 6.30. The first-order valence-corrected chi connectivity index (χ1v) is 13.9. The number of aromatic nitrogens is 1. The molecule has 3 aromatic rings. The van der Waals surface area contributed by atoms with Crippen LogP contribution < -0.4 is 4.80 Å². The first-order valence-electron chi connectivity index (χ1n) is 11.6. The van der Waals surface area contributed by atoms with Crippen molar-refractivity contribution in [1.82, 2.24) is 8.87 Å². The minimum Gasteiger partial charge on any atom is -0.468 e. The van der Waals surface area contributed by atoms with Gasteiger partial charge in [0, 0.05) is 18.2 Å². The van der Waals surface area contributed by atoms with Crippen molar-refractivity contribution < 1.29 is 22.7 Å². The molecule has 0 N–H and O–H groups in total. The monoisotopic (exact) mass is 515 g/mol. The van der Waals surface area contributed by atoms with Gasteiger partial charge in [-0.15, -0.1) is 0 Å². The molecule has 186 valence electrons. The van der Waals surface area contributed by atoms with Crippen molar-refractivity contribution >= 4 is 43.5 Å². The van der Waals surface area contributed by atoms with E-state index in [4.69, 9.17) is 4.74 Å². The normalized spacial score (nSPS) is 17.6. The number of fused-ring (bicyclic) bond motifs is 1. The molecule has 1 aliphatic rings. The maximum atomic E-state index is 13.2. The predicted octanol–water partition coefficient (Wildman–Crippen LogP) is 3.88. The van der Waals surface area contributed by atoms with E-state index in [1.54, 1.807) is 8.87 Å². The maximum absolute atomic E-state index is 13.2. The smallest absolute Gasteiger partial charge is 0.325 e. The third kappa shape index (κ3) is 5.24. The first kappa shape index (κ1) is 25.3. The summed E-state index contributed by atoms with van der Waals surface area (Å²) in [6.07, 6.45) is 3.53. The van der Waals surface area contributed by atoms with Crippen LogP contribution in [0.25, 0.3) is 10.2 Å². The van der Waals surface area contributed by atoms with Gasteiger partial charge in [-0.25, -0.2) is 8.42 Å². The molecule has 4 rings (SSSR count). The minimum absolute atomic E-state index is 0.00640. The highest BCUT2D eigenvalue weighted by atomic mass is 32.2. The molecular weight excluding hydrogens is 486 g/mol. The zero-order valence-corrected chi connectivity index (χ0v) is 21.7. The van der Waals surface area contributed by atoms with Crippen molar-refractivity contribution in [3.8, 4) is 0 Å². The molecule has 35 heavy (non-hydrogen) atoms. The summed E-state index contributed by atoms with van der Waals surface area (Å²) in [7, 11) is -2.32. The largest absolute Gasteiger partial charge is 0.468 e. The Morgan fingerprint density at radius 1 is 1.14 bits per heavy atom. The van der Waals surface area contributed by atoms with Gasteiger partial charge in [0.05, 0.1) is 22.2 Å². The molecule has 1 aromatic heterocycles. The van der Waals surface area contributed by atoms with Crippen LogP contribution in [0.3, 0.4) is 0 Å². The van der Waals surface area contributed by atoms with Gasteiger partial charge in [0.2, 0.25) is 10.0 Å². The van der Waals surface area contributed by atoms with Crippen molar-refractivity contribution in [3.05, 3.63) is 58.4 Å². The van der Waals surface area contributed by atoms with E-state index < -0.39 is 21.9 Å². The van der Waals surface area contributed by atoms with Gasteiger partial charge in [-0.3, -0.25) is 9.59 Å². The second kappa shape index (κ2) is 10.4. The number of ether oxygens (including phenoxy) is 1. The van der Waals surface area contributed by atoms with Gasteiger partial charge in [-0.05, 0) is 68.1 Å². The Kier molecular flexibility index (Phi) is 7.53. The van der Waals surface area contributed by atoms with Crippen LogP contribution in [0.15, 0.2) is 52.4 Å². The number of thiazole rings is 1. The molecule has 1 fully saturated rings. The number of nitrogens with zero attached hydrogens (tertiary/aromatic N) is 3.